The standard InChI is InChI=1S/C17H24N4O/c1-2-9-19-10-4-3-7-16(19)17(22)20-11-5-6-15(13-20)21-12-8-18-14-21/h1,8,12,14-16H,3-7,9-11,13H2/t15-,16+/m1/s1. The van der Waals surface area contributed by atoms with E-state index in [0.717, 1.165) is 51.7 Å². The molecule has 0 aromatic carbocycles. The summed E-state index contributed by atoms with van der Waals surface area (Å²) >= 11 is 0. The van der Waals surface area contributed by atoms with Crippen LogP contribution in [-0.4, -0.2) is 57.5 Å². The fourth-order valence-electron chi connectivity index (χ4n) is 3.67. The Morgan fingerprint density at radius 2 is 2.18 bits per heavy atom. The third kappa shape index (κ3) is 3.17. The van der Waals surface area contributed by atoms with Crippen molar-refractivity contribution in [2.45, 2.75) is 44.2 Å². The van der Waals surface area contributed by atoms with Crippen LogP contribution in [0.4, 0.5) is 0 Å². The van der Waals surface area contributed by atoms with Crippen molar-refractivity contribution >= 4 is 5.91 Å². The molecule has 0 N–H and O–H groups in total. The molecule has 5 nitrogen and oxygen atoms in total. The average Bonchev–Trinajstić information content (AvgIpc) is 3.10. The highest BCUT2D eigenvalue weighted by Crippen LogP contribution is 2.25. The molecule has 2 atom stereocenters. The summed E-state index contributed by atoms with van der Waals surface area (Å²) in [7, 11) is 0. The lowest BCUT2D eigenvalue weighted by atomic mass is 9.98. The number of imidazole rings is 1. The molecule has 22 heavy (non-hydrogen) atoms. The highest BCUT2D eigenvalue weighted by Gasteiger charge is 2.33. The minimum absolute atomic E-state index is 0.0219. The van der Waals surface area contributed by atoms with E-state index in [1.165, 1.54) is 0 Å². The number of piperidine rings is 2. The highest BCUT2D eigenvalue weighted by atomic mass is 16.2. The summed E-state index contributed by atoms with van der Waals surface area (Å²) in [6.45, 7) is 3.18. The van der Waals surface area contributed by atoms with Gasteiger partial charge < -0.3 is 9.47 Å². The molecule has 2 saturated heterocycles. The second-order valence-corrected chi connectivity index (χ2v) is 6.28. The number of hydrogen-bond donors (Lipinski definition) is 0. The first-order valence-electron chi connectivity index (χ1n) is 8.23. The van der Waals surface area contributed by atoms with Crippen molar-refractivity contribution in [3.63, 3.8) is 0 Å². The van der Waals surface area contributed by atoms with E-state index < -0.39 is 0 Å². The number of carbonyl (C=O) groups excluding carboxylic acids is 1. The molecule has 0 spiro atoms. The van der Waals surface area contributed by atoms with Crippen molar-refractivity contribution in [1.29, 1.82) is 0 Å². The highest BCUT2D eigenvalue weighted by molar-refractivity contribution is 5.82. The Bertz CT molecular complexity index is 533. The average molecular weight is 300 g/mol. The summed E-state index contributed by atoms with van der Waals surface area (Å²) < 4.78 is 2.12. The number of hydrogen-bond acceptors (Lipinski definition) is 3. The Morgan fingerprint density at radius 3 is 2.95 bits per heavy atom. The van der Waals surface area contributed by atoms with Gasteiger partial charge in [-0.25, -0.2) is 4.98 Å². The van der Waals surface area contributed by atoms with E-state index in [1.54, 1.807) is 6.20 Å². The van der Waals surface area contributed by atoms with Gasteiger partial charge in [0.1, 0.15) is 0 Å². The SMILES string of the molecule is C#CCN1CCCC[C@H]1C(=O)N1CCC[C@@H](n2ccnc2)C1. The molecule has 0 radical (unpaired) electrons. The van der Waals surface area contributed by atoms with E-state index in [-0.39, 0.29) is 11.9 Å². The van der Waals surface area contributed by atoms with Crippen molar-refractivity contribution < 1.29 is 4.79 Å². The molecule has 2 aliphatic rings. The Balaban J connectivity index is 1.67. The predicted octanol–water partition coefficient (Wildman–Crippen LogP) is 1.53. The second-order valence-electron chi connectivity index (χ2n) is 6.28. The van der Waals surface area contributed by atoms with Crippen LogP contribution in [0, 0.1) is 12.3 Å². The third-order valence-corrected chi connectivity index (χ3v) is 4.85. The van der Waals surface area contributed by atoms with Gasteiger partial charge in [0, 0.05) is 25.5 Å². The maximum Gasteiger partial charge on any atom is 0.240 e. The predicted molar refractivity (Wildman–Crippen MR) is 85.1 cm³/mol. The molecule has 5 heteroatoms. The number of amides is 1. The van der Waals surface area contributed by atoms with Gasteiger partial charge in [-0.2, -0.15) is 0 Å². The molecule has 0 unspecified atom stereocenters. The van der Waals surface area contributed by atoms with Gasteiger partial charge in [-0.05, 0) is 32.2 Å². The molecule has 2 fully saturated rings. The molecule has 0 bridgehead atoms. The second kappa shape index (κ2) is 6.97. The molecule has 118 valence electrons. The Labute approximate surface area is 132 Å². The molecule has 1 amide bonds. The summed E-state index contributed by atoms with van der Waals surface area (Å²) in [6.07, 6.45) is 16.5. The Kier molecular flexibility index (Phi) is 4.79. The van der Waals surface area contributed by atoms with Crippen LogP contribution in [0.3, 0.4) is 0 Å². The fourth-order valence-corrected chi connectivity index (χ4v) is 3.67. The zero-order valence-electron chi connectivity index (χ0n) is 13.0. The number of nitrogens with zero attached hydrogens (tertiary/aromatic N) is 4. The minimum Gasteiger partial charge on any atom is -0.339 e. The van der Waals surface area contributed by atoms with E-state index in [9.17, 15) is 4.79 Å². The van der Waals surface area contributed by atoms with E-state index in [1.807, 2.05) is 17.4 Å². The van der Waals surface area contributed by atoms with Gasteiger partial charge in [0.05, 0.1) is 25.0 Å². The van der Waals surface area contributed by atoms with Crippen molar-refractivity contribution in [1.82, 2.24) is 19.4 Å². The summed E-state index contributed by atoms with van der Waals surface area (Å²) in [6, 6.07) is 0.330. The first-order chi connectivity index (χ1) is 10.8. The molecule has 1 aromatic rings. The molecule has 0 saturated carbocycles. The molecular formula is C17H24N4O. The summed E-state index contributed by atoms with van der Waals surface area (Å²) in [4.78, 5) is 21.3. The Hall–Kier alpha value is -1.80. The molecule has 0 aliphatic carbocycles. The van der Waals surface area contributed by atoms with Crippen molar-refractivity contribution in [3.05, 3.63) is 18.7 Å². The molecular weight excluding hydrogens is 276 g/mol. The minimum atomic E-state index is -0.0219. The van der Waals surface area contributed by atoms with Gasteiger partial charge in [0.2, 0.25) is 5.91 Å². The van der Waals surface area contributed by atoms with Gasteiger partial charge in [-0.3, -0.25) is 9.69 Å². The number of aromatic nitrogens is 2. The number of terminal acetylenes is 1. The third-order valence-electron chi connectivity index (χ3n) is 4.85. The van der Waals surface area contributed by atoms with Gasteiger partial charge in [0.15, 0.2) is 0 Å². The van der Waals surface area contributed by atoms with E-state index in [4.69, 9.17) is 6.42 Å². The van der Waals surface area contributed by atoms with Crippen LogP contribution in [0.1, 0.15) is 38.1 Å². The quantitative estimate of drug-likeness (QED) is 0.795. The van der Waals surface area contributed by atoms with E-state index >= 15 is 0 Å². The van der Waals surface area contributed by atoms with Crippen LogP contribution in [-0.2, 0) is 4.79 Å². The smallest absolute Gasteiger partial charge is 0.240 e. The zero-order chi connectivity index (χ0) is 15.4. The van der Waals surface area contributed by atoms with E-state index in [0.29, 0.717) is 12.6 Å². The van der Waals surface area contributed by atoms with Crippen LogP contribution in [0.5, 0.6) is 0 Å². The molecule has 1 aromatic heterocycles. The first kappa shape index (κ1) is 15.1. The number of rotatable bonds is 3. The molecule has 2 aliphatic heterocycles. The number of carbonyl (C=O) groups is 1. The lowest BCUT2D eigenvalue weighted by molar-refractivity contribution is -0.139. The maximum absolute atomic E-state index is 12.9. The van der Waals surface area contributed by atoms with Crippen molar-refractivity contribution in [2.24, 2.45) is 0 Å². The summed E-state index contributed by atoms with van der Waals surface area (Å²) in [5, 5.41) is 0. The van der Waals surface area contributed by atoms with Crippen LogP contribution in [0.15, 0.2) is 18.7 Å². The van der Waals surface area contributed by atoms with Gasteiger partial charge in [-0.15, -0.1) is 6.42 Å². The molecule has 3 rings (SSSR count). The summed E-state index contributed by atoms with van der Waals surface area (Å²) in [5.74, 6) is 2.96. The van der Waals surface area contributed by atoms with Crippen LogP contribution in [0.2, 0.25) is 0 Å². The van der Waals surface area contributed by atoms with Gasteiger partial charge in [0.25, 0.3) is 0 Å². The van der Waals surface area contributed by atoms with Crippen LogP contribution < -0.4 is 0 Å². The monoisotopic (exact) mass is 300 g/mol. The Morgan fingerprint density at radius 1 is 1.27 bits per heavy atom. The zero-order valence-corrected chi connectivity index (χ0v) is 13.0. The van der Waals surface area contributed by atoms with Gasteiger partial charge in [-0.1, -0.05) is 12.3 Å². The van der Waals surface area contributed by atoms with Crippen LogP contribution >= 0.6 is 0 Å². The topological polar surface area (TPSA) is 41.4 Å². The number of likely N-dealkylation sites (tertiary alicyclic amines) is 2. The van der Waals surface area contributed by atoms with Crippen molar-refractivity contribution in [2.75, 3.05) is 26.2 Å². The lowest BCUT2D eigenvalue weighted by Gasteiger charge is -2.40. The molecule has 3 heterocycles. The lowest BCUT2D eigenvalue weighted by Crippen LogP contribution is -2.53. The van der Waals surface area contributed by atoms with Gasteiger partial charge >= 0.3 is 0 Å². The summed E-state index contributed by atoms with van der Waals surface area (Å²) in [5.41, 5.74) is 0. The first-order valence-corrected chi connectivity index (χ1v) is 8.23. The van der Waals surface area contributed by atoms with Crippen LogP contribution in [0.25, 0.3) is 0 Å². The maximum atomic E-state index is 12.9. The van der Waals surface area contributed by atoms with Crippen molar-refractivity contribution in [3.8, 4) is 12.3 Å². The van der Waals surface area contributed by atoms with E-state index in [2.05, 4.69) is 20.4 Å². The fraction of sp³-hybridized carbons (Fsp3) is 0.647. The normalized spacial score (nSPS) is 26.6. The largest absolute Gasteiger partial charge is 0.339 e.